The first-order chi connectivity index (χ1) is 12.7. The van der Waals surface area contributed by atoms with Crippen molar-refractivity contribution in [1.82, 2.24) is 0 Å². The van der Waals surface area contributed by atoms with Gasteiger partial charge >= 0.3 is 0 Å². The zero-order valence-corrected chi connectivity index (χ0v) is 16.9. The van der Waals surface area contributed by atoms with Gasteiger partial charge in [0.25, 0.3) is 11.8 Å². The molecule has 0 fully saturated rings. The molecule has 0 aromatic heterocycles. The number of amides is 2. The third kappa shape index (κ3) is 4.14. The van der Waals surface area contributed by atoms with Crippen molar-refractivity contribution in [1.29, 1.82) is 0 Å². The molecule has 0 bridgehead atoms. The summed E-state index contributed by atoms with van der Waals surface area (Å²) in [6.45, 7) is 8.00. The van der Waals surface area contributed by atoms with Crippen LogP contribution in [0.15, 0.2) is 68.1 Å². The number of rotatable bonds is 0. The average molecular weight is 387 g/mol. The van der Waals surface area contributed by atoms with Crippen LogP contribution in [0.3, 0.4) is 0 Å². The molecule has 2 aromatic rings. The van der Waals surface area contributed by atoms with Crippen LogP contribution in [0.4, 0.5) is 11.4 Å². The van der Waals surface area contributed by atoms with E-state index >= 15 is 0 Å². The second kappa shape index (κ2) is 9.50. The maximum atomic E-state index is 12.3. The maximum Gasteiger partial charge on any atom is 0.263 e. The molecule has 0 atom stereocenters. The number of para-hydroxylation sites is 2. The summed E-state index contributed by atoms with van der Waals surface area (Å²) in [7, 11) is 0. The van der Waals surface area contributed by atoms with Crippen molar-refractivity contribution < 1.29 is 9.59 Å². The molecule has 2 N–H and O–H groups in total. The predicted octanol–water partition coefficient (Wildman–Crippen LogP) is 5.74. The summed E-state index contributed by atoms with van der Waals surface area (Å²) < 4.78 is 0. The van der Waals surface area contributed by atoms with E-state index in [1.54, 1.807) is 0 Å². The largest absolute Gasteiger partial charge is 0.320 e. The number of carbonyl (C=O) groups is 2. The topological polar surface area (TPSA) is 58.2 Å². The van der Waals surface area contributed by atoms with E-state index in [9.17, 15) is 9.59 Å². The van der Waals surface area contributed by atoms with Crippen molar-refractivity contribution in [3.63, 3.8) is 0 Å². The first-order valence-electron chi connectivity index (χ1n) is 8.63. The Hall–Kier alpha value is -2.18. The minimum atomic E-state index is -0.235. The van der Waals surface area contributed by atoms with Crippen LogP contribution < -0.4 is 10.6 Å². The lowest BCUT2D eigenvalue weighted by molar-refractivity contribution is -0.114. The quantitative estimate of drug-likeness (QED) is 0.567. The predicted molar refractivity (Wildman–Crippen MR) is 112 cm³/mol. The van der Waals surface area contributed by atoms with Crippen molar-refractivity contribution in [2.24, 2.45) is 0 Å². The van der Waals surface area contributed by atoms with E-state index in [1.165, 1.54) is 23.5 Å². The van der Waals surface area contributed by atoms with Gasteiger partial charge in [-0.2, -0.15) is 0 Å². The Kier molecular flexibility index (Phi) is 7.36. The van der Waals surface area contributed by atoms with Crippen molar-refractivity contribution in [3.8, 4) is 0 Å². The highest BCUT2D eigenvalue weighted by atomic mass is 32.2. The first-order valence-corrected chi connectivity index (χ1v) is 10.3. The van der Waals surface area contributed by atoms with Crippen LogP contribution in [0.1, 0.15) is 27.7 Å². The van der Waals surface area contributed by atoms with Gasteiger partial charge in [-0.3, -0.25) is 9.59 Å². The number of thioether (sulfide) groups is 2. The van der Waals surface area contributed by atoms with Crippen molar-refractivity contribution >= 4 is 46.7 Å². The molecule has 4 rings (SSSR count). The Labute approximate surface area is 162 Å². The Bertz CT molecular complexity index is 778. The van der Waals surface area contributed by atoms with Crippen molar-refractivity contribution in [2.45, 2.75) is 37.5 Å². The van der Waals surface area contributed by atoms with Gasteiger partial charge in [-0.05, 0) is 24.3 Å². The lowest BCUT2D eigenvalue weighted by atomic mass is 10.3. The van der Waals surface area contributed by atoms with Crippen LogP contribution in [-0.4, -0.2) is 11.8 Å². The molecule has 2 aliphatic rings. The average Bonchev–Trinajstić information content (AvgIpc) is 2.70. The molecule has 0 radical (unpaired) electrons. The molecule has 2 aliphatic heterocycles. The Balaban J connectivity index is 0.000000570. The van der Waals surface area contributed by atoms with Gasteiger partial charge in [-0.15, -0.1) is 0 Å². The molecule has 2 aromatic carbocycles. The molecule has 0 saturated carbocycles. The molecule has 26 heavy (non-hydrogen) atoms. The van der Waals surface area contributed by atoms with Crippen LogP contribution in [0.25, 0.3) is 0 Å². The van der Waals surface area contributed by atoms with Gasteiger partial charge in [-0.25, -0.2) is 0 Å². The van der Waals surface area contributed by atoms with Crippen molar-refractivity contribution in [3.05, 3.63) is 58.3 Å². The van der Waals surface area contributed by atoms with Gasteiger partial charge in [0.05, 0.1) is 21.2 Å². The standard InChI is InChI=1S/C16H10N2O2S2.2C2H6/c19-15-13(21-11-7-3-1-5-9(11)17-15)14-16(20)18-10-6-2-4-8-12(10)22-14;2*1-2/h1-8H,(H,17,19)(H,18,20);2*1-2H3/b14-13+;;. The van der Waals surface area contributed by atoms with E-state index < -0.39 is 0 Å². The molecule has 0 aliphatic carbocycles. The van der Waals surface area contributed by atoms with Gasteiger partial charge in [-0.1, -0.05) is 75.5 Å². The van der Waals surface area contributed by atoms with Gasteiger partial charge in [0, 0.05) is 9.79 Å². The molecular weight excluding hydrogens is 364 g/mol. The molecule has 6 heteroatoms. The van der Waals surface area contributed by atoms with Crippen molar-refractivity contribution in [2.75, 3.05) is 10.6 Å². The molecule has 2 heterocycles. The Morgan fingerprint density at radius 2 is 0.962 bits per heavy atom. The zero-order chi connectivity index (χ0) is 19.1. The molecule has 2 amide bonds. The van der Waals surface area contributed by atoms with E-state index in [0.717, 1.165) is 21.2 Å². The summed E-state index contributed by atoms with van der Waals surface area (Å²) in [4.78, 5) is 27.4. The van der Waals surface area contributed by atoms with Gasteiger partial charge in [0.1, 0.15) is 0 Å². The Morgan fingerprint density at radius 3 is 1.35 bits per heavy atom. The third-order valence-electron chi connectivity index (χ3n) is 3.31. The highest BCUT2D eigenvalue weighted by molar-refractivity contribution is 8.08. The summed E-state index contributed by atoms with van der Waals surface area (Å²) in [6.07, 6.45) is 0. The maximum absolute atomic E-state index is 12.3. The monoisotopic (exact) mass is 386 g/mol. The fraction of sp³-hybridized carbons (Fsp3) is 0.200. The number of benzene rings is 2. The SMILES string of the molecule is CC.CC.O=C1Nc2ccccc2S/C1=C1/Sc2ccccc2NC1=O. The minimum absolute atomic E-state index is 0.235. The summed E-state index contributed by atoms with van der Waals surface area (Å²) in [6, 6.07) is 15.1. The molecular formula is C20H22N2O2S2. The fourth-order valence-electron chi connectivity index (χ4n) is 2.29. The van der Waals surface area contributed by atoms with E-state index in [4.69, 9.17) is 0 Å². The van der Waals surface area contributed by atoms with E-state index in [2.05, 4.69) is 10.6 Å². The lowest BCUT2D eigenvalue weighted by Crippen LogP contribution is -2.24. The van der Waals surface area contributed by atoms with Gasteiger partial charge in [0.15, 0.2) is 0 Å². The molecule has 0 unspecified atom stereocenters. The van der Waals surface area contributed by atoms with Crippen LogP contribution in [0, 0.1) is 0 Å². The number of hydrogen-bond acceptors (Lipinski definition) is 4. The molecule has 0 saturated heterocycles. The highest BCUT2D eigenvalue weighted by Crippen LogP contribution is 2.46. The Morgan fingerprint density at radius 1 is 0.615 bits per heavy atom. The first kappa shape index (κ1) is 20.1. The zero-order valence-electron chi connectivity index (χ0n) is 15.3. The van der Waals surface area contributed by atoms with Gasteiger partial charge < -0.3 is 10.6 Å². The smallest absolute Gasteiger partial charge is 0.263 e. The molecule has 136 valence electrons. The van der Waals surface area contributed by atoms with E-state index in [1.807, 2.05) is 76.2 Å². The lowest BCUT2D eigenvalue weighted by Gasteiger charge is -2.24. The van der Waals surface area contributed by atoms with Crippen LogP contribution in [-0.2, 0) is 9.59 Å². The van der Waals surface area contributed by atoms with Gasteiger partial charge in [0.2, 0.25) is 0 Å². The number of carbonyl (C=O) groups excluding carboxylic acids is 2. The highest BCUT2D eigenvalue weighted by Gasteiger charge is 2.30. The summed E-state index contributed by atoms with van der Waals surface area (Å²) in [5.74, 6) is -0.471. The normalized spacial score (nSPS) is 17.2. The minimum Gasteiger partial charge on any atom is -0.320 e. The molecule has 0 spiro atoms. The van der Waals surface area contributed by atoms with Crippen LogP contribution in [0.5, 0.6) is 0 Å². The second-order valence-corrected chi connectivity index (χ2v) is 6.87. The summed E-state index contributed by atoms with van der Waals surface area (Å²) in [5.41, 5.74) is 1.56. The van der Waals surface area contributed by atoms with Crippen LogP contribution in [0.2, 0.25) is 0 Å². The summed E-state index contributed by atoms with van der Waals surface area (Å²) in [5, 5.41) is 5.68. The number of fused-ring (bicyclic) bond motifs is 2. The van der Waals surface area contributed by atoms with Crippen LogP contribution >= 0.6 is 23.5 Å². The van der Waals surface area contributed by atoms with E-state index in [-0.39, 0.29) is 11.8 Å². The fourth-order valence-corrected chi connectivity index (χ4v) is 4.39. The second-order valence-electron chi connectivity index (χ2n) is 4.76. The number of hydrogen-bond donors (Lipinski definition) is 2. The number of nitrogens with one attached hydrogen (secondary N) is 2. The number of anilines is 2. The molecule has 4 nitrogen and oxygen atoms in total. The van der Waals surface area contributed by atoms with E-state index in [0.29, 0.717) is 9.81 Å². The summed E-state index contributed by atoms with van der Waals surface area (Å²) >= 11 is 2.67. The third-order valence-corrected chi connectivity index (χ3v) is 5.78.